The van der Waals surface area contributed by atoms with Gasteiger partial charge in [-0.2, -0.15) is 0 Å². The summed E-state index contributed by atoms with van der Waals surface area (Å²) in [6, 6.07) is 18.6. The molecule has 0 amide bonds. The van der Waals surface area contributed by atoms with E-state index in [1.807, 2.05) is 42.5 Å². The lowest BCUT2D eigenvalue weighted by Gasteiger charge is -2.31. The smallest absolute Gasteiger partial charge is 0.0805 e. The van der Waals surface area contributed by atoms with Crippen LogP contribution in [0.4, 0.5) is 5.69 Å². The van der Waals surface area contributed by atoms with Crippen LogP contribution in [0.2, 0.25) is 0 Å². The zero-order chi connectivity index (χ0) is 16.8. The fourth-order valence-corrected chi connectivity index (χ4v) is 3.71. The lowest BCUT2D eigenvalue weighted by Crippen LogP contribution is -2.35. The van der Waals surface area contributed by atoms with Crippen molar-refractivity contribution < 1.29 is 5.11 Å². The number of aliphatic hydroxyl groups excluding tert-OH is 1. The van der Waals surface area contributed by atoms with E-state index in [0.717, 1.165) is 37.2 Å². The van der Waals surface area contributed by atoms with Crippen molar-refractivity contribution >= 4 is 5.69 Å². The molecule has 0 spiro atoms. The predicted octanol–water partition coefficient (Wildman–Crippen LogP) is 4.14. The number of nitrogens with zero attached hydrogens (tertiary/aromatic N) is 1. The van der Waals surface area contributed by atoms with Gasteiger partial charge in [0, 0.05) is 18.3 Å². The van der Waals surface area contributed by atoms with Crippen LogP contribution in [0.5, 0.6) is 0 Å². The van der Waals surface area contributed by atoms with Crippen LogP contribution in [0.15, 0.2) is 54.6 Å². The Morgan fingerprint density at radius 3 is 2.67 bits per heavy atom. The van der Waals surface area contributed by atoms with Gasteiger partial charge in [-0.25, -0.2) is 0 Å². The summed E-state index contributed by atoms with van der Waals surface area (Å²) in [5.41, 5.74) is 9.03. The van der Waals surface area contributed by atoms with Gasteiger partial charge in [0.25, 0.3) is 0 Å². The summed E-state index contributed by atoms with van der Waals surface area (Å²) in [4.78, 5) is 2.54. The van der Waals surface area contributed by atoms with Gasteiger partial charge in [-0.05, 0) is 49.1 Å². The molecule has 1 saturated heterocycles. The summed E-state index contributed by atoms with van der Waals surface area (Å²) in [7, 11) is 0. The van der Waals surface area contributed by atoms with Crippen molar-refractivity contribution in [3.8, 4) is 0 Å². The molecule has 0 saturated carbocycles. The zero-order valence-corrected chi connectivity index (χ0v) is 14.3. The third-order valence-electron chi connectivity index (χ3n) is 5.02. The van der Waals surface area contributed by atoms with Gasteiger partial charge in [0.2, 0.25) is 0 Å². The van der Waals surface area contributed by atoms with Crippen LogP contribution in [0.1, 0.15) is 49.3 Å². The number of hydrogen-bond acceptors (Lipinski definition) is 3. The van der Waals surface area contributed by atoms with E-state index in [4.69, 9.17) is 5.73 Å². The Balaban J connectivity index is 1.70. The average molecular weight is 324 g/mol. The minimum absolute atomic E-state index is 0.391. The molecule has 0 aromatic heterocycles. The fraction of sp³-hybridized carbons (Fsp3) is 0.429. The first-order chi connectivity index (χ1) is 11.7. The van der Waals surface area contributed by atoms with Crippen molar-refractivity contribution in [2.75, 3.05) is 12.3 Å². The molecule has 0 aliphatic carbocycles. The molecule has 3 nitrogen and oxygen atoms in total. The van der Waals surface area contributed by atoms with E-state index in [-0.39, 0.29) is 0 Å². The summed E-state index contributed by atoms with van der Waals surface area (Å²) >= 11 is 0. The van der Waals surface area contributed by atoms with E-state index in [2.05, 4.69) is 17.0 Å². The van der Waals surface area contributed by atoms with E-state index >= 15 is 0 Å². The van der Waals surface area contributed by atoms with Crippen molar-refractivity contribution in [2.24, 2.45) is 0 Å². The molecule has 1 fully saturated rings. The third kappa shape index (κ3) is 4.59. The van der Waals surface area contributed by atoms with Crippen LogP contribution in [-0.4, -0.2) is 22.6 Å². The summed E-state index contributed by atoms with van der Waals surface area (Å²) < 4.78 is 0. The Morgan fingerprint density at radius 2 is 1.88 bits per heavy atom. The maximum atomic E-state index is 10.6. The highest BCUT2D eigenvalue weighted by molar-refractivity contribution is 5.40. The van der Waals surface area contributed by atoms with Gasteiger partial charge < -0.3 is 10.8 Å². The average Bonchev–Trinajstić information content (AvgIpc) is 2.81. The molecule has 3 N–H and O–H groups in total. The zero-order valence-electron chi connectivity index (χ0n) is 14.3. The number of rotatable bonds is 5. The van der Waals surface area contributed by atoms with Crippen molar-refractivity contribution in [3.05, 3.63) is 65.7 Å². The van der Waals surface area contributed by atoms with Crippen LogP contribution in [0, 0.1) is 0 Å². The Bertz CT molecular complexity index is 629. The highest BCUT2D eigenvalue weighted by Crippen LogP contribution is 2.27. The molecule has 3 heteroatoms. The topological polar surface area (TPSA) is 49.5 Å². The van der Waals surface area contributed by atoms with Crippen LogP contribution in [0.3, 0.4) is 0 Å². The molecule has 0 bridgehead atoms. The van der Waals surface area contributed by atoms with Gasteiger partial charge in [-0.1, -0.05) is 55.3 Å². The molecular formula is C21H28N2O. The van der Waals surface area contributed by atoms with E-state index < -0.39 is 6.10 Å². The summed E-state index contributed by atoms with van der Waals surface area (Å²) in [5.74, 6) is 0. The quantitative estimate of drug-likeness (QED) is 0.813. The Kier molecular flexibility index (Phi) is 5.89. The van der Waals surface area contributed by atoms with E-state index in [1.54, 1.807) is 0 Å². The van der Waals surface area contributed by atoms with Gasteiger partial charge in [0.1, 0.15) is 0 Å². The first kappa shape index (κ1) is 17.0. The Labute approximate surface area is 145 Å². The lowest BCUT2D eigenvalue weighted by atomic mass is 9.97. The number of benzene rings is 2. The molecule has 2 atom stereocenters. The normalized spacial score (nSPS) is 20.5. The van der Waals surface area contributed by atoms with E-state index in [0.29, 0.717) is 6.04 Å². The summed E-state index contributed by atoms with van der Waals surface area (Å²) in [5, 5.41) is 10.6. The van der Waals surface area contributed by atoms with Gasteiger partial charge in [-0.3, -0.25) is 4.90 Å². The number of aliphatic hydroxyl groups is 1. The van der Waals surface area contributed by atoms with Crippen LogP contribution >= 0.6 is 0 Å². The largest absolute Gasteiger partial charge is 0.399 e. The minimum atomic E-state index is -0.391. The lowest BCUT2D eigenvalue weighted by molar-refractivity contribution is 0.0975. The van der Waals surface area contributed by atoms with Gasteiger partial charge >= 0.3 is 0 Å². The number of nitrogens with two attached hydrogens (primary N) is 1. The van der Waals surface area contributed by atoms with E-state index in [1.165, 1.54) is 24.8 Å². The van der Waals surface area contributed by atoms with Crippen molar-refractivity contribution in [2.45, 2.75) is 50.8 Å². The Morgan fingerprint density at radius 1 is 1.04 bits per heavy atom. The van der Waals surface area contributed by atoms with Gasteiger partial charge in [0.15, 0.2) is 0 Å². The standard InChI is InChI=1S/C21H28N2O/c22-19-11-7-8-17(14-19)16-23-13-6-2-5-12-20(23)15-21(24)18-9-3-1-4-10-18/h1,3-4,7-11,14,20-21,24H,2,5-6,12-13,15-16,22H2. The van der Waals surface area contributed by atoms with Crippen LogP contribution in [0.25, 0.3) is 0 Å². The molecule has 24 heavy (non-hydrogen) atoms. The number of anilines is 1. The minimum Gasteiger partial charge on any atom is -0.399 e. The third-order valence-corrected chi connectivity index (χ3v) is 5.02. The fourth-order valence-electron chi connectivity index (χ4n) is 3.71. The number of likely N-dealkylation sites (tertiary alicyclic amines) is 1. The predicted molar refractivity (Wildman–Crippen MR) is 99.5 cm³/mol. The molecule has 1 aliphatic rings. The highest BCUT2D eigenvalue weighted by Gasteiger charge is 2.24. The second-order valence-electron chi connectivity index (χ2n) is 6.88. The molecule has 0 radical (unpaired) electrons. The van der Waals surface area contributed by atoms with E-state index in [9.17, 15) is 5.11 Å². The first-order valence-electron chi connectivity index (χ1n) is 9.04. The number of hydrogen-bond donors (Lipinski definition) is 2. The summed E-state index contributed by atoms with van der Waals surface area (Å²) in [6.45, 7) is 2.01. The van der Waals surface area contributed by atoms with Crippen molar-refractivity contribution in [1.82, 2.24) is 4.90 Å². The molecule has 1 heterocycles. The van der Waals surface area contributed by atoms with Crippen molar-refractivity contribution in [3.63, 3.8) is 0 Å². The second-order valence-corrected chi connectivity index (χ2v) is 6.88. The SMILES string of the molecule is Nc1cccc(CN2CCCCCC2CC(O)c2ccccc2)c1. The van der Waals surface area contributed by atoms with Gasteiger partial charge in [-0.15, -0.1) is 0 Å². The van der Waals surface area contributed by atoms with Gasteiger partial charge in [0.05, 0.1) is 6.10 Å². The molecule has 2 aromatic rings. The number of nitrogen functional groups attached to an aromatic ring is 1. The Hall–Kier alpha value is -1.84. The van der Waals surface area contributed by atoms with Crippen LogP contribution in [-0.2, 0) is 6.54 Å². The maximum absolute atomic E-state index is 10.6. The second kappa shape index (κ2) is 8.32. The molecular weight excluding hydrogens is 296 g/mol. The van der Waals surface area contributed by atoms with Crippen molar-refractivity contribution in [1.29, 1.82) is 0 Å². The molecule has 2 unspecified atom stereocenters. The van der Waals surface area contributed by atoms with Crippen LogP contribution < -0.4 is 5.73 Å². The molecule has 128 valence electrons. The highest BCUT2D eigenvalue weighted by atomic mass is 16.3. The first-order valence-corrected chi connectivity index (χ1v) is 9.04. The molecule has 1 aliphatic heterocycles. The molecule has 2 aromatic carbocycles. The monoisotopic (exact) mass is 324 g/mol. The maximum Gasteiger partial charge on any atom is 0.0805 e. The molecule has 3 rings (SSSR count). The summed E-state index contributed by atoms with van der Waals surface area (Å²) in [6.07, 6.45) is 5.33.